The van der Waals surface area contributed by atoms with Gasteiger partial charge in [-0.15, -0.1) is 11.3 Å². The summed E-state index contributed by atoms with van der Waals surface area (Å²) in [6, 6.07) is 13.5. The molecule has 0 saturated carbocycles. The number of nitrogens with zero attached hydrogens (tertiary/aromatic N) is 2. The second kappa shape index (κ2) is 8.93. The second-order valence-electron chi connectivity index (χ2n) is 8.16. The number of hydrogen-bond donors (Lipinski definition) is 1. The molecule has 1 aliphatic carbocycles. The van der Waals surface area contributed by atoms with Gasteiger partial charge in [0.05, 0.1) is 16.1 Å². The van der Waals surface area contributed by atoms with Gasteiger partial charge in [-0.1, -0.05) is 53.5 Å². The number of carbonyl (C=O) groups is 1. The number of rotatable bonds is 4. The number of anilines is 1. The van der Waals surface area contributed by atoms with Crippen molar-refractivity contribution >= 4 is 56.3 Å². The van der Waals surface area contributed by atoms with Crippen molar-refractivity contribution in [3.8, 4) is 11.4 Å². The van der Waals surface area contributed by atoms with Crippen LogP contribution in [0, 0.1) is 0 Å². The van der Waals surface area contributed by atoms with Gasteiger partial charge in [-0.2, -0.15) is 0 Å². The molecule has 1 amide bonds. The van der Waals surface area contributed by atoms with Gasteiger partial charge >= 0.3 is 0 Å². The Hall–Kier alpha value is -2.67. The van der Waals surface area contributed by atoms with Crippen molar-refractivity contribution in [2.75, 3.05) is 5.32 Å². The van der Waals surface area contributed by atoms with Crippen LogP contribution in [0.2, 0.25) is 10.0 Å². The Bertz CT molecular complexity index is 1430. The van der Waals surface area contributed by atoms with Crippen molar-refractivity contribution in [2.45, 2.75) is 38.6 Å². The van der Waals surface area contributed by atoms with Crippen LogP contribution in [0.3, 0.4) is 0 Å². The first-order valence-electron chi connectivity index (χ1n) is 10.8. The average Bonchev–Trinajstić information content (AvgIpc) is 3.20. The van der Waals surface area contributed by atoms with Crippen LogP contribution in [0.4, 0.5) is 5.69 Å². The number of halogens is 2. The molecule has 0 bridgehead atoms. The molecule has 1 unspecified atom stereocenters. The van der Waals surface area contributed by atoms with Crippen LogP contribution < -0.4 is 10.9 Å². The van der Waals surface area contributed by atoms with Crippen molar-refractivity contribution in [3.05, 3.63) is 79.4 Å². The number of aromatic nitrogens is 2. The lowest BCUT2D eigenvalue weighted by Gasteiger charge is -2.20. The van der Waals surface area contributed by atoms with E-state index < -0.39 is 6.04 Å². The van der Waals surface area contributed by atoms with E-state index in [0.717, 1.165) is 41.6 Å². The minimum atomic E-state index is -0.821. The van der Waals surface area contributed by atoms with Gasteiger partial charge in [0.15, 0.2) is 0 Å². The number of carbonyl (C=O) groups excluding carboxylic acids is 1. The van der Waals surface area contributed by atoms with Gasteiger partial charge in [0.25, 0.3) is 5.56 Å². The maximum absolute atomic E-state index is 13.9. The van der Waals surface area contributed by atoms with Crippen LogP contribution >= 0.6 is 34.5 Å². The Kier molecular flexibility index (Phi) is 5.99. The minimum Gasteiger partial charge on any atom is -0.323 e. The second-order valence-corrected chi connectivity index (χ2v) is 10.1. The van der Waals surface area contributed by atoms with Gasteiger partial charge in [0, 0.05) is 15.5 Å². The lowest BCUT2D eigenvalue weighted by atomic mass is 9.97. The third-order valence-electron chi connectivity index (χ3n) is 6.01. The molecule has 0 aliphatic heterocycles. The Morgan fingerprint density at radius 3 is 2.67 bits per heavy atom. The van der Waals surface area contributed by atoms with Crippen molar-refractivity contribution in [3.63, 3.8) is 0 Å². The maximum atomic E-state index is 13.9. The normalized spacial score (nSPS) is 14.2. The first kappa shape index (κ1) is 22.1. The van der Waals surface area contributed by atoms with Gasteiger partial charge in [0.1, 0.15) is 16.7 Å². The largest absolute Gasteiger partial charge is 0.323 e. The fraction of sp³-hybridized carbons (Fsp3) is 0.240. The molecule has 4 aromatic rings. The predicted octanol–water partition coefficient (Wildman–Crippen LogP) is 6.51. The molecular weight excluding hydrogens is 477 g/mol. The Morgan fingerprint density at radius 1 is 1.12 bits per heavy atom. The van der Waals surface area contributed by atoms with Crippen LogP contribution in [-0.4, -0.2) is 15.5 Å². The van der Waals surface area contributed by atoms with Crippen LogP contribution in [0.25, 0.3) is 21.6 Å². The smallest absolute Gasteiger partial charge is 0.263 e. The van der Waals surface area contributed by atoms with E-state index in [9.17, 15) is 9.59 Å². The van der Waals surface area contributed by atoms with Crippen molar-refractivity contribution in [2.24, 2.45) is 0 Å². The monoisotopic (exact) mass is 497 g/mol. The molecule has 1 N–H and O–H groups in total. The van der Waals surface area contributed by atoms with E-state index >= 15 is 0 Å². The standard InChI is InChI=1S/C25H21Cl2N3O2S/c1-14(23(31)28-19-13-16(26)11-12-18(19)27)30-22(15-7-3-2-4-8-15)29-24-21(25(30)32)17-9-5-6-10-20(17)33-24/h2-4,7-8,11-14H,5-6,9-10H2,1H3,(H,28,31). The zero-order valence-corrected chi connectivity index (χ0v) is 20.2. The molecule has 0 fully saturated rings. The molecule has 5 rings (SSSR count). The third kappa shape index (κ3) is 4.07. The van der Waals surface area contributed by atoms with Crippen molar-refractivity contribution in [1.82, 2.24) is 9.55 Å². The number of amides is 1. The highest BCUT2D eigenvalue weighted by molar-refractivity contribution is 7.18. The fourth-order valence-corrected chi connectivity index (χ4v) is 5.90. The number of benzene rings is 2. The molecule has 1 aliphatic rings. The summed E-state index contributed by atoms with van der Waals surface area (Å²) in [5.74, 6) is 0.107. The van der Waals surface area contributed by atoms with Crippen LogP contribution in [0.5, 0.6) is 0 Å². The van der Waals surface area contributed by atoms with Gasteiger partial charge in [-0.05, 0) is 56.4 Å². The lowest BCUT2D eigenvalue weighted by Crippen LogP contribution is -2.33. The van der Waals surface area contributed by atoms with E-state index in [2.05, 4.69) is 5.32 Å². The number of thiophene rings is 1. The predicted molar refractivity (Wildman–Crippen MR) is 136 cm³/mol. The van der Waals surface area contributed by atoms with Gasteiger partial charge in [-0.25, -0.2) is 4.98 Å². The summed E-state index contributed by atoms with van der Waals surface area (Å²) in [5.41, 5.74) is 2.09. The summed E-state index contributed by atoms with van der Waals surface area (Å²) in [6.45, 7) is 1.70. The van der Waals surface area contributed by atoms with Crippen LogP contribution in [-0.2, 0) is 17.6 Å². The molecule has 8 heteroatoms. The Labute approximate surface area is 205 Å². The molecule has 168 valence electrons. The van der Waals surface area contributed by atoms with E-state index in [1.54, 1.807) is 36.5 Å². The lowest BCUT2D eigenvalue weighted by molar-refractivity contribution is -0.118. The van der Waals surface area contributed by atoms with E-state index in [-0.39, 0.29) is 11.5 Å². The molecule has 2 aromatic carbocycles. The summed E-state index contributed by atoms with van der Waals surface area (Å²) in [4.78, 5) is 34.0. The first-order valence-corrected chi connectivity index (χ1v) is 12.4. The summed E-state index contributed by atoms with van der Waals surface area (Å²) in [6.07, 6.45) is 4.02. The first-order chi connectivity index (χ1) is 15.9. The van der Waals surface area contributed by atoms with E-state index in [1.165, 1.54) is 9.44 Å². The molecule has 1 atom stereocenters. The van der Waals surface area contributed by atoms with Crippen molar-refractivity contribution < 1.29 is 4.79 Å². The van der Waals surface area contributed by atoms with E-state index in [4.69, 9.17) is 28.2 Å². The molecule has 2 heterocycles. The molecule has 0 radical (unpaired) electrons. The molecule has 33 heavy (non-hydrogen) atoms. The highest BCUT2D eigenvalue weighted by Gasteiger charge is 2.27. The zero-order chi connectivity index (χ0) is 23.1. The molecule has 0 spiro atoms. The maximum Gasteiger partial charge on any atom is 0.263 e. The highest BCUT2D eigenvalue weighted by atomic mass is 35.5. The average molecular weight is 498 g/mol. The summed E-state index contributed by atoms with van der Waals surface area (Å²) in [7, 11) is 0. The van der Waals surface area contributed by atoms with Crippen LogP contribution in [0.15, 0.2) is 53.3 Å². The van der Waals surface area contributed by atoms with Gasteiger partial charge in [0.2, 0.25) is 5.91 Å². The molecular formula is C25H21Cl2N3O2S. The minimum absolute atomic E-state index is 0.182. The zero-order valence-electron chi connectivity index (χ0n) is 17.9. The molecule has 0 saturated heterocycles. The van der Waals surface area contributed by atoms with Gasteiger partial charge < -0.3 is 5.32 Å². The van der Waals surface area contributed by atoms with Crippen LogP contribution in [0.1, 0.15) is 36.2 Å². The topological polar surface area (TPSA) is 64.0 Å². The highest BCUT2D eigenvalue weighted by Crippen LogP contribution is 2.35. The number of fused-ring (bicyclic) bond motifs is 3. The quantitative estimate of drug-likeness (QED) is 0.349. The van der Waals surface area contributed by atoms with E-state index in [1.807, 2.05) is 30.3 Å². The third-order valence-corrected chi connectivity index (χ3v) is 7.76. The Morgan fingerprint density at radius 2 is 1.88 bits per heavy atom. The molecule has 2 aromatic heterocycles. The summed E-state index contributed by atoms with van der Waals surface area (Å²) in [5, 5.41) is 4.29. The SMILES string of the molecule is CC(C(=O)Nc1cc(Cl)ccc1Cl)n1c(-c2ccccc2)nc2sc3c(c2c1=O)CCCC3. The molecule has 5 nitrogen and oxygen atoms in total. The summed E-state index contributed by atoms with van der Waals surface area (Å²) >= 11 is 13.9. The number of hydrogen-bond acceptors (Lipinski definition) is 4. The number of aryl methyl sites for hydroxylation is 2. The van der Waals surface area contributed by atoms with Crippen molar-refractivity contribution in [1.29, 1.82) is 0 Å². The number of nitrogens with one attached hydrogen (secondary N) is 1. The Balaban J connectivity index is 1.66. The fourth-order valence-electron chi connectivity index (χ4n) is 4.32. The summed E-state index contributed by atoms with van der Waals surface area (Å²) < 4.78 is 1.51. The van der Waals surface area contributed by atoms with Gasteiger partial charge in [-0.3, -0.25) is 14.2 Å². The van der Waals surface area contributed by atoms with E-state index in [0.29, 0.717) is 26.9 Å².